The highest BCUT2D eigenvalue weighted by atomic mass is 32.2. The molecule has 2 rings (SSSR count). The molecule has 0 aliphatic rings. The van der Waals surface area contributed by atoms with Crippen molar-refractivity contribution >= 4 is 10.0 Å². The van der Waals surface area contributed by atoms with Gasteiger partial charge >= 0.3 is 0 Å². The van der Waals surface area contributed by atoms with E-state index in [-0.39, 0.29) is 11.4 Å². The molecule has 1 aromatic heterocycles. The monoisotopic (exact) mass is 313 g/mol. The van der Waals surface area contributed by atoms with E-state index >= 15 is 0 Å². The van der Waals surface area contributed by atoms with Gasteiger partial charge in [0.05, 0.1) is 17.1 Å². The van der Waals surface area contributed by atoms with Gasteiger partial charge in [0.1, 0.15) is 11.6 Å². The fourth-order valence-electron chi connectivity index (χ4n) is 1.86. The fraction of sp³-hybridized carbons (Fsp3) is 0.308. The van der Waals surface area contributed by atoms with Crippen molar-refractivity contribution in [2.24, 2.45) is 0 Å². The molecule has 0 radical (unpaired) electrons. The topological polar surface area (TPSA) is 84.2 Å². The number of aromatic nitrogens is 1. The third-order valence-electron chi connectivity index (χ3n) is 2.81. The Morgan fingerprint density at radius 2 is 2.05 bits per heavy atom. The molecule has 2 N–H and O–H groups in total. The van der Waals surface area contributed by atoms with Crippen molar-refractivity contribution in [1.82, 2.24) is 15.2 Å². The van der Waals surface area contributed by atoms with Crippen LogP contribution in [0.4, 0.5) is 4.39 Å². The first kappa shape index (κ1) is 15.6. The van der Waals surface area contributed by atoms with Gasteiger partial charge in [-0.1, -0.05) is 11.2 Å². The van der Waals surface area contributed by atoms with Gasteiger partial charge in [-0.25, -0.2) is 17.5 Å². The lowest BCUT2D eigenvalue weighted by molar-refractivity contribution is 0.390. The van der Waals surface area contributed by atoms with Crippen LogP contribution in [0.25, 0.3) is 0 Å². The zero-order chi connectivity index (χ0) is 15.5. The third kappa shape index (κ3) is 3.87. The fourth-order valence-corrected chi connectivity index (χ4v) is 3.11. The molecule has 0 aliphatic heterocycles. The van der Waals surface area contributed by atoms with Crippen molar-refractivity contribution in [2.75, 3.05) is 7.05 Å². The second-order valence-corrected chi connectivity index (χ2v) is 6.27. The maximum absolute atomic E-state index is 13.3. The van der Waals surface area contributed by atoms with Crippen molar-refractivity contribution in [3.8, 4) is 0 Å². The van der Waals surface area contributed by atoms with Gasteiger partial charge < -0.3 is 9.84 Å². The second kappa shape index (κ2) is 6.33. The molecule has 0 aliphatic carbocycles. The number of nitrogens with one attached hydrogen (secondary N) is 2. The standard InChI is InChI=1S/C13H16FN3O3S/c1-9-5-12(17-20-9)8-16-21(18,19)13-6-11(14)4-3-10(13)7-15-2/h3-6,15-16H,7-8H2,1-2H3. The van der Waals surface area contributed by atoms with Crippen LogP contribution in [0, 0.1) is 12.7 Å². The quantitative estimate of drug-likeness (QED) is 0.840. The molecule has 1 aromatic carbocycles. The molecule has 0 atom stereocenters. The van der Waals surface area contributed by atoms with E-state index in [1.165, 1.54) is 12.1 Å². The van der Waals surface area contributed by atoms with E-state index in [0.29, 0.717) is 23.6 Å². The zero-order valence-corrected chi connectivity index (χ0v) is 12.5. The van der Waals surface area contributed by atoms with Crippen LogP contribution in [0.1, 0.15) is 17.0 Å². The Balaban J connectivity index is 2.24. The van der Waals surface area contributed by atoms with E-state index in [0.717, 1.165) is 6.07 Å². The molecule has 114 valence electrons. The molecule has 0 spiro atoms. The lowest BCUT2D eigenvalue weighted by Crippen LogP contribution is -2.25. The molecule has 0 fully saturated rings. The van der Waals surface area contributed by atoms with Crippen molar-refractivity contribution in [1.29, 1.82) is 0 Å². The van der Waals surface area contributed by atoms with Crippen LogP contribution in [0.15, 0.2) is 33.7 Å². The number of sulfonamides is 1. The highest BCUT2D eigenvalue weighted by Crippen LogP contribution is 2.17. The van der Waals surface area contributed by atoms with Gasteiger partial charge in [-0.15, -0.1) is 0 Å². The Bertz CT molecular complexity index is 728. The summed E-state index contributed by atoms with van der Waals surface area (Å²) in [6.45, 7) is 2.01. The van der Waals surface area contributed by atoms with Gasteiger partial charge in [-0.3, -0.25) is 0 Å². The zero-order valence-electron chi connectivity index (χ0n) is 11.7. The first-order valence-electron chi connectivity index (χ1n) is 6.27. The summed E-state index contributed by atoms with van der Waals surface area (Å²) in [5, 5.41) is 6.55. The van der Waals surface area contributed by atoms with Crippen molar-refractivity contribution in [3.63, 3.8) is 0 Å². The average Bonchev–Trinajstić information content (AvgIpc) is 2.85. The molecule has 0 saturated heterocycles. The summed E-state index contributed by atoms with van der Waals surface area (Å²) in [5.41, 5.74) is 0.949. The van der Waals surface area contributed by atoms with Gasteiger partial charge in [0.15, 0.2) is 0 Å². The Hall–Kier alpha value is -1.77. The van der Waals surface area contributed by atoms with Crippen molar-refractivity contribution < 1.29 is 17.3 Å². The number of halogens is 1. The van der Waals surface area contributed by atoms with Gasteiger partial charge in [0.25, 0.3) is 0 Å². The van der Waals surface area contributed by atoms with Crippen LogP contribution in [0.5, 0.6) is 0 Å². The number of rotatable bonds is 6. The van der Waals surface area contributed by atoms with Crippen LogP contribution < -0.4 is 10.0 Å². The summed E-state index contributed by atoms with van der Waals surface area (Å²) in [4.78, 5) is -0.0860. The molecule has 0 saturated carbocycles. The van der Waals surface area contributed by atoms with Crippen molar-refractivity contribution in [3.05, 3.63) is 47.1 Å². The smallest absolute Gasteiger partial charge is 0.241 e. The second-order valence-electron chi connectivity index (χ2n) is 4.54. The summed E-state index contributed by atoms with van der Waals surface area (Å²) in [6, 6.07) is 5.30. The molecule has 2 aromatic rings. The van der Waals surface area contributed by atoms with Crippen molar-refractivity contribution in [2.45, 2.75) is 24.9 Å². The predicted octanol–water partition coefficient (Wildman–Crippen LogP) is 1.32. The molecule has 6 nitrogen and oxygen atoms in total. The molecule has 8 heteroatoms. The van der Waals surface area contributed by atoms with Crippen LogP contribution >= 0.6 is 0 Å². The number of nitrogens with zero attached hydrogens (tertiary/aromatic N) is 1. The molecule has 0 bridgehead atoms. The minimum Gasteiger partial charge on any atom is -0.361 e. The first-order valence-corrected chi connectivity index (χ1v) is 7.75. The Kier molecular flexibility index (Phi) is 4.71. The lowest BCUT2D eigenvalue weighted by atomic mass is 10.2. The number of hydrogen-bond acceptors (Lipinski definition) is 5. The number of hydrogen-bond donors (Lipinski definition) is 2. The third-order valence-corrected chi connectivity index (χ3v) is 4.29. The normalized spacial score (nSPS) is 11.8. The first-order chi connectivity index (χ1) is 9.92. The van der Waals surface area contributed by atoms with Crippen LogP contribution in [0.3, 0.4) is 0 Å². The highest BCUT2D eigenvalue weighted by molar-refractivity contribution is 7.89. The summed E-state index contributed by atoms with van der Waals surface area (Å²) in [6.07, 6.45) is 0. The van der Waals surface area contributed by atoms with E-state index in [9.17, 15) is 12.8 Å². The van der Waals surface area contributed by atoms with Gasteiger partial charge in [-0.2, -0.15) is 0 Å². The molecule has 1 heterocycles. The number of benzene rings is 1. The molecular formula is C13H16FN3O3S. The summed E-state index contributed by atoms with van der Waals surface area (Å²) in [5.74, 6) is -0.0154. The Morgan fingerprint density at radius 1 is 1.29 bits per heavy atom. The summed E-state index contributed by atoms with van der Waals surface area (Å²) >= 11 is 0. The highest BCUT2D eigenvalue weighted by Gasteiger charge is 2.19. The number of aryl methyl sites for hydroxylation is 1. The minimum absolute atomic E-state index is 0.0187. The van der Waals surface area contributed by atoms with E-state index in [4.69, 9.17) is 4.52 Å². The van der Waals surface area contributed by atoms with E-state index in [1.54, 1.807) is 20.0 Å². The van der Waals surface area contributed by atoms with Gasteiger partial charge in [-0.05, 0) is 31.7 Å². The van der Waals surface area contributed by atoms with E-state index in [1.807, 2.05) is 0 Å². The molecule has 21 heavy (non-hydrogen) atoms. The predicted molar refractivity (Wildman–Crippen MR) is 74.4 cm³/mol. The maximum Gasteiger partial charge on any atom is 0.241 e. The molecule has 0 amide bonds. The summed E-state index contributed by atoms with van der Waals surface area (Å²) in [7, 11) is -2.15. The van der Waals surface area contributed by atoms with Crippen LogP contribution in [-0.2, 0) is 23.1 Å². The molecular weight excluding hydrogens is 297 g/mol. The minimum atomic E-state index is -3.84. The van der Waals surface area contributed by atoms with E-state index < -0.39 is 15.8 Å². The SMILES string of the molecule is CNCc1ccc(F)cc1S(=O)(=O)NCc1cc(C)on1. The average molecular weight is 313 g/mol. The summed E-state index contributed by atoms with van der Waals surface area (Å²) < 4.78 is 45.2. The Labute approximate surface area is 122 Å². The van der Waals surface area contributed by atoms with Gasteiger partial charge in [0, 0.05) is 12.6 Å². The lowest BCUT2D eigenvalue weighted by Gasteiger charge is -2.10. The van der Waals surface area contributed by atoms with Gasteiger partial charge in [0.2, 0.25) is 10.0 Å². The molecule has 0 unspecified atom stereocenters. The van der Waals surface area contributed by atoms with Crippen LogP contribution in [-0.4, -0.2) is 20.6 Å². The largest absolute Gasteiger partial charge is 0.361 e. The van der Waals surface area contributed by atoms with E-state index in [2.05, 4.69) is 15.2 Å². The Morgan fingerprint density at radius 3 is 2.67 bits per heavy atom. The van der Waals surface area contributed by atoms with Crippen LogP contribution in [0.2, 0.25) is 0 Å². The maximum atomic E-state index is 13.3.